The van der Waals surface area contributed by atoms with E-state index in [2.05, 4.69) is 10.3 Å². The van der Waals surface area contributed by atoms with E-state index >= 15 is 0 Å². The molecule has 0 bridgehead atoms. The van der Waals surface area contributed by atoms with Crippen LogP contribution in [0.4, 0.5) is 0 Å². The Morgan fingerprint density at radius 1 is 1.21 bits per heavy atom. The van der Waals surface area contributed by atoms with Gasteiger partial charge >= 0.3 is 5.97 Å². The van der Waals surface area contributed by atoms with E-state index in [1.165, 1.54) is 12.1 Å². The number of ether oxygens (including phenoxy) is 1. The van der Waals surface area contributed by atoms with Crippen LogP contribution < -0.4 is 22.5 Å². The van der Waals surface area contributed by atoms with Crippen LogP contribution in [0.3, 0.4) is 0 Å². The highest BCUT2D eigenvalue weighted by Gasteiger charge is 2.28. The van der Waals surface area contributed by atoms with Crippen molar-refractivity contribution in [3.05, 3.63) is 29.8 Å². The molecule has 28 heavy (non-hydrogen) atoms. The maximum absolute atomic E-state index is 12.5. The number of nitrogens with one attached hydrogen (secondary N) is 1. The maximum Gasteiger partial charge on any atom is 0.329 e. The number of aromatic hydroxyl groups is 1. The average Bonchev–Trinajstić information content (AvgIpc) is 2.57. The lowest BCUT2D eigenvalue weighted by atomic mass is 10.0. The van der Waals surface area contributed by atoms with Crippen LogP contribution >= 0.6 is 0 Å². The Kier molecular flexibility index (Phi) is 8.72. The molecule has 0 saturated heterocycles. The van der Waals surface area contributed by atoms with E-state index in [4.69, 9.17) is 21.9 Å². The van der Waals surface area contributed by atoms with Gasteiger partial charge in [0.05, 0.1) is 6.04 Å². The average molecular weight is 393 g/mol. The molecule has 0 aliphatic heterocycles. The molecule has 0 saturated carbocycles. The van der Waals surface area contributed by atoms with Gasteiger partial charge in [0.15, 0.2) is 5.96 Å². The fourth-order valence-electron chi connectivity index (χ4n) is 2.38. The van der Waals surface area contributed by atoms with Crippen molar-refractivity contribution >= 4 is 17.8 Å². The molecule has 1 rings (SSSR count). The lowest BCUT2D eigenvalue weighted by Crippen LogP contribution is -2.50. The summed E-state index contributed by atoms with van der Waals surface area (Å²) in [6, 6.07) is 4.70. The molecule has 2 atom stereocenters. The van der Waals surface area contributed by atoms with Crippen LogP contribution in [-0.2, 0) is 20.7 Å². The number of phenolic OH excluding ortho intramolecular Hbond substituents is 1. The van der Waals surface area contributed by atoms with E-state index < -0.39 is 29.6 Å². The van der Waals surface area contributed by atoms with Crippen LogP contribution in [0.25, 0.3) is 0 Å². The Labute approximate surface area is 165 Å². The number of hydrogen-bond acceptors (Lipinski definition) is 6. The van der Waals surface area contributed by atoms with Crippen molar-refractivity contribution in [2.75, 3.05) is 6.54 Å². The fourth-order valence-corrected chi connectivity index (χ4v) is 2.38. The molecular weight excluding hydrogens is 362 g/mol. The topological polar surface area (TPSA) is 166 Å². The largest absolute Gasteiger partial charge is 0.508 e. The van der Waals surface area contributed by atoms with Crippen LogP contribution in [0.1, 0.15) is 39.2 Å². The molecule has 156 valence electrons. The molecule has 1 aromatic carbocycles. The number of benzene rings is 1. The number of hydrogen-bond donors (Lipinski definition) is 5. The smallest absolute Gasteiger partial charge is 0.329 e. The van der Waals surface area contributed by atoms with E-state index in [0.29, 0.717) is 19.4 Å². The van der Waals surface area contributed by atoms with Crippen LogP contribution in [0.15, 0.2) is 29.3 Å². The molecule has 0 unspecified atom stereocenters. The predicted molar refractivity (Wildman–Crippen MR) is 107 cm³/mol. The zero-order chi connectivity index (χ0) is 21.3. The van der Waals surface area contributed by atoms with Gasteiger partial charge in [-0.25, -0.2) is 4.79 Å². The Morgan fingerprint density at radius 2 is 1.82 bits per heavy atom. The first-order chi connectivity index (χ1) is 13.0. The van der Waals surface area contributed by atoms with Gasteiger partial charge in [0.1, 0.15) is 17.4 Å². The van der Waals surface area contributed by atoms with Crippen molar-refractivity contribution in [3.8, 4) is 5.75 Å². The van der Waals surface area contributed by atoms with Gasteiger partial charge in [0, 0.05) is 6.54 Å². The molecular formula is C19H31N5O4. The predicted octanol–water partition coefficient (Wildman–Crippen LogP) is 0.142. The molecule has 0 spiro atoms. The first-order valence-corrected chi connectivity index (χ1v) is 9.10. The lowest BCUT2D eigenvalue weighted by molar-refractivity contribution is -0.159. The Balaban J connectivity index is 2.72. The summed E-state index contributed by atoms with van der Waals surface area (Å²) in [5.74, 6) is -0.908. The molecule has 9 heteroatoms. The normalized spacial score (nSPS) is 13.3. The first kappa shape index (κ1) is 23.2. The number of phenols is 1. The Hall–Kier alpha value is -2.81. The number of carbonyl (C=O) groups excluding carboxylic acids is 2. The summed E-state index contributed by atoms with van der Waals surface area (Å²) < 4.78 is 5.38. The molecule has 9 nitrogen and oxygen atoms in total. The second kappa shape index (κ2) is 10.5. The summed E-state index contributed by atoms with van der Waals surface area (Å²) in [6.45, 7) is 5.58. The fraction of sp³-hybridized carbons (Fsp3) is 0.526. The van der Waals surface area contributed by atoms with Crippen molar-refractivity contribution < 1.29 is 19.4 Å². The summed E-state index contributed by atoms with van der Waals surface area (Å²) in [4.78, 5) is 28.8. The van der Waals surface area contributed by atoms with E-state index in [1.54, 1.807) is 32.9 Å². The highest BCUT2D eigenvalue weighted by atomic mass is 16.6. The minimum Gasteiger partial charge on any atom is -0.508 e. The van der Waals surface area contributed by atoms with Crippen molar-refractivity contribution in [1.29, 1.82) is 0 Å². The van der Waals surface area contributed by atoms with Gasteiger partial charge in [-0.2, -0.15) is 0 Å². The molecule has 1 aromatic rings. The van der Waals surface area contributed by atoms with Crippen LogP contribution in [0.2, 0.25) is 0 Å². The number of nitrogens with two attached hydrogens (primary N) is 3. The van der Waals surface area contributed by atoms with Crippen molar-refractivity contribution in [2.24, 2.45) is 22.2 Å². The second-order valence-electron chi connectivity index (χ2n) is 7.52. The number of guanidine groups is 1. The van der Waals surface area contributed by atoms with Crippen molar-refractivity contribution in [1.82, 2.24) is 5.32 Å². The summed E-state index contributed by atoms with van der Waals surface area (Å²) in [5.41, 5.74) is 16.7. The number of amides is 1. The maximum atomic E-state index is 12.5. The third-order valence-electron chi connectivity index (χ3n) is 3.68. The van der Waals surface area contributed by atoms with Crippen LogP contribution in [-0.4, -0.2) is 47.2 Å². The number of carbonyl (C=O) groups is 2. The molecule has 0 aliphatic carbocycles. The van der Waals surface area contributed by atoms with Crippen LogP contribution in [0.5, 0.6) is 5.75 Å². The molecule has 0 radical (unpaired) electrons. The third-order valence-corrected chi connectivity index (χ3v) is 3.68. The van der Waals surface area contributed by atoms with Gasteiger partial charge in [-0.05, 0) is 57.7 Å². The SMILES string of the molecule is CC(C)(C)OC(=O)[C@H](CCCN=C(N)N)NC(=O)[C@H](N)Cc1ccc(O)cc1. The van der Waals surface area contributed by atoms with Gasteiger partial charge in [-0.15, -0.1) is 0 Å². The number of rotatable bonds is 9. The molecule has 0 heterocycles. The molecule has 1 amide bonds. The third kappa shape index (κ3) is 9.22. The first-order valence-electron chi connectivity index (χ1n) is 9.10. The van der Waals surface area contributed by atoms with E-state index in [0.717, 1.165) is 5.56 Å². The summed E-state index contributed by atoms with van der Waals surface area (Å²) in [6.07, 6.45) is 1.06. The van der Waals surface area contributed by atoms with E-state index in [1.807, 2.05) is 0 Å². The number of aliphatic imine (C=N–C) groups is 1. The summed E-state index contributed by atoms with van der Waals surface area (Å²) in [5, 5.41) is 12.0. The zero-order valence-corrected chi connectivity index (χ0v) is 16.6. The van der Waals surface area contributed by atoms with Gasteiger partial charge in [0.25, 0.3) is 0 Å². The highest BCUT2D eigenvalue weighted by Crippen LogP contribution is 2.13. The van der Waals surface area contributed by atoms with Gasteiger partial charge in [0.2, 0.25) is 5.91 Å². The van der Waals surface area contributed by atoms with E-state index in [-0.39, 0.29) is 18.1 Å². The van der Waals surface area contributed by atoms with Crippen molar-refractivity contribution in [3.63, 3.8) is 0 Å². The van der Waals surface area contributed by atoms with Crippen LogP contribution in [0, 0.1) is 0 Å². The van der Waals surface area contributed by atoms with E-state index in [9.17, 15) is 14.7 Å². The molecule has 0 fully saturated rings. The quantitative estimate of drug-likeness (QED) is 0.172. The Bertz CT molecular complexity index is 679. The second-order valence-corrected chi connectivity index (χ2v) is 7.52. The van der Waals surface area contributed by atoms with Gasteiger partial charge in [-0.3, -0.25) is 9.79 Å². The Morgan fingerprint density at radius 3 is 2.36 bits per heavy atom. The summed E-state index contributed by atoms with van der Waals surface area (Å²) in [7, 11) is 0. The minimum atomic E-state index is -0.855. The minimum absolute atomic E-state index is 0.0335. The number of esters is 1. The lowest BCUT2D eigenvalue weighted by Gasteiger charge is -2.25. The van der Waals surface area contributed by atoms with Crippen molar-refractivity contribution in [2.45, 2.75) is 57.7 Å². The summed E-state index contributed by atoms with van der Waals surface area (Å²) >= 11 is 0. The molecule has 8 N–H and O–H groups in total. The molecule has 0 aliphatic rings. The number of nitrogens with zero attached hydrogens (tertiary/aromatic N) is 1. The monoisotopic (exact) mass is 393 g/mol. The van der Waals surface area contributed by atoms with Gasteiger partial charge < -0.3 is 32.4 Å². The highest BCUT2D eigenvalue weighted by molar-refractivity contribution is 5.87. The molecule has 0 aromatic heterocycles. The zero-order valence-electron chi connectivity index (χ0n) is 16.6. The van der Waals surface area contributed by atoms with Gasteiger partial charge in [-0.1, -0.05) is 12.1 Å². The standard InChI is InChI=1S/C19H31N5O4/c1-19(2,3)28-17(27)15(5-4-10-23-18(21)22)24-16(26)14(20)11-12-6-8-13(25)9-7-12/h6-9,14-15,25H,4-5,10-11,20H2,1-3H3,(H,24,26)(H4,21,22,23)/t14-,15+/m1/s1.